The number of fused-ring (bicyclic) bond motifs is 2. The molecule has 2 amide bonds. The smallest absolute Gasteiger partial charge is 0.410 e. The number of hydrogen-bond acceptors (Lipinski definition) is 20. The fourth-order valence-corrected chi connectivity index (χ4v) is 11.1. The Morgan fingerprint density at radius 3 is 1.52 bits per heavy atom. The summed E-state index contributed by atoms with van der Waals surface area (Å²) < 4.78 is 45.0. The van der Waals surface area contributed by atoms with Gasteiger partial charge < -0.3 is 49.6 Å². The number of Topliss-reactive ketones (excluding diaryl/α,β-unsaturated/α-hetero) is 2. The maximum atomic E-state index is 13.3. The second-order valence-electron chi connectivity index (χ2n) is 26.5. The molecule has 2 aromatic carbocycles. The lowest BCUT2D eigenvalue weighted by Gasteiger charge is -2.33. The van der Waals surface area contributed by atoms with E-state index in [0.29, 0.717) is 85.7 Å². The lowest BCUT2D eigenvalue weighted by atomic mass is 9.90. The Kier molecular flexibility index (Phi) is 24.2. The second-order valence-corrected chi connectivity index (χ2v) is 28.4. The minimum absolute atomic E-state index is 0.000195. The number of carbonyl (C=O) groups excluding carboxylic acids is 4. The van der Waals surface area contributed by atoms with Crippen LogP contribution in [0.3, 0.4) is 0 Å². The molecule has 0 unspecified atom stereocenters. The molecule has 3 aliphatic heterocycles. The van der Waals surface area contributed by atoms with Crippen LogP contribution in [0.15, 0.2) is 66.1 Å². The van der Waals surface area contributed by atoms with Crippen LogP contribution in [0.4, 0.5) is 32.9 Å². The number of rotatable bonds is 19. The van der Waals surface area contributed by atoms with Gasteiger partial charge in [-0.2, -0.15) is 39.2 Å². The SMILES string of the molecule is CC(C)c1cnn2c(Nc3cccc(C(=O)CC4CCN(C(=O)OC(C)(C)C)CC4)c3)nc(OC3CCN(C)CC3)nc12.CC(C)c1cnn2c(Nc3cccc(C(=O)CC4CCN(C(=O)OC(C)(C)C)CC4)c3)nc(S(C)(=O)=O)nc12.CCN(C)CCCO. The first-order valence-corrected chi connectivity index (χ1v) is 33.5. The number of hydrogen-bond donors (Lipinski definition) is 3. The Morgan fingerprint density at radius 2 is 1.11 bits per heavy atom. The van der Waals surface area contributed by atoms with Crippen LogP contribution < -0.4 is 15.4 Å². The van der Waals surface area contributed by atoms with Crippen molar-refractivity contribution in [2.45, 2.75) is 168 Å². The summed E-state index contributed by atoms with van der Waals surface area (Å²) in [7, 11) is 0.497. The maximum Gasteiger partial charge on any atom is 0.410 e. The Morgan fingerprint density at radius 1 is 0.667 bits per heavy atom. The van der Waals surface area contributed by atoms with Crippen LogP contribution in [0, 0.1) is 11.8 Å². The van der Waals surface area contributed by atoms with Gasteiger partial charge >= 0.3 is 18.2 Å². The van der Waals surface area contributed by atoms with E-state index in [1.165, 1.54) is 4.52 Å². The summed E-state index contributed by atoms with van der Waals surface area (Å²) in [6, 6.07) is 14.8. The minimum atomic E-state index is -3.68. The quantitative estimate of drug-likeness (QED) is 0.0636. The van der Waals surface area contributed by atoms with Gasteiger partial charge in [0.25, 0.3) is 5.16 Å². The summed E-state index contributed by atoms with van der Waals surface area (Å²) in [5, 5.41) is 23.5. The molecule has 6 aromatic rings. The van der Waals surface area contributed by atoms with Gasteiger partial charge in [-0.15, -0.1) is 0 Å². The molecule has 3 saturated heterocycles. The van der Waals surface area contributed by atoms with E-state index in [-0.39, 0.29) is 64.6 Å². The zero-order valence-electron chi connectivity index (χ0n) is 55.3. The zero-order valence-corrected chi connectivity index (χ0v) is 56.1. The number of sulfone groups is 1. The molecule has 7 heterocycles. The average Bonchev–Trinajstić information content (AvgIpc) is 1.66. The third-order valence-electron chi connectivity index (χ3n) is 15.9. The van der Waals surface area contributed by atoms with Crippen LogP contribution in [0.2, 0.25) is 0 Å². The van der Waals surface area contributed by atoms with E-state index in [0.717, 1.165) is 94.2 Å². The number of aromatic nitrogens is 8. The van der Waals surface area contributed by atoms with Crippen LogP contribution in [-0.2, 0) is 19.3 Å². The van der Waals surface area contributed by atoms with Gasteiger partial charge in [0.2, 0.25) is 21.7 Å². The van der Waals surface area contributed by atoms with E-state index >= 15 is 0 Å². The fraction of sp³-hybridized carbons (Fsp3) is 0.600. The average molecular weight is 1270 g/mol. The van der Waals surface area contributed by atoms with Gasteiger partial charge in [0.05, 0.1) is 12.4 Å². The monoisotopic (exact) mass is 1260 g/mol. The van der Waals surface area contributed by atoms with Gasteiger partial charge in [0.15, 0.2) is 22.9 Å². The van der Waals surface area contributed by atoms with E-state index in [2.05, 4.69) is 75.5 Å². The first-order chi connectivity index (χ1) is 42.5. The molecule has 25 heteroatoms. The number of anilines is 4. The third-order valence-corrected chi connectivity index (χ3v) is 16.7. The van der Waals surface area contributed by atoms with Crippen molar-refractivity contribution in [3.63, 3.8) is 0 Å². The van der Waals surface area contributed by atoms with Crippen molar-refractivity contribution in [3.8, 4) is 6.01 Å². The number of nitrogens with zero attached hydrogens (tertiary/aromatic N) is 12. The highest BCUT2D eigenvalue weighted by atomic mass is 32.2. The largest absolute Gasteiger partial charge is 0.460 e. The van der Waals surface area contributed by atoms with Crippen molar-refractivity contribution < 1.29 is 46.9 Å². The van der Waals surface area contributed by atoms with E-state index in [4.69, 9.17) is 29.3 Å². The highest BCUT2D eigenvalue weighted by Crippen LogP contribution is 2.31. The number of amides is 2. The summed E-state index contributed by atoms with van der Waals surface area (Å²) in [6.45, 7) is 28.1. The highest BCUT2D eigenvalue weighted by molar-refractivity contribution is 7.90. The molecule has 0 radical (unpaired) electrons. The van der Waals surface area contributed by atoms with Crippen molar-refractivity contribution >= 4 is 68.2 Å². The molecule has 9 rings (SSSR count). The van der Waals surface area contributed by atoms with Gasteiger partial charge in [0, 0.05) is 98.6 Å². The molecular weight excluding hydrogens is 1170 g/mol. The molecule has 24 nitrogen and oxygen atoms in total. The van der Waals surface area contributed by atoms with Crippen LogP contribution in [0.25, 0.3) is 11.3 Å². The van der Waals surface area contributed by atoms with Crippen LogP contribution in [0.5, 0.6) is 6.01 Å². The lowest BCUT2D eigenvalue weighted by molar-refractivity contribution is 0.0171. The van der Waals surface area contributed by atoms with Crippen molar-refractivity contribution in [3.05, 3.63) is 83.2 Å². The van der Waals surface area contributed by atoms with Crippen LogP contribution >= 0.6 is 0 Å². The number of aliphatic hydroxyl groups excluding tert-OH is 1. The molecule has 3 fully saturated rings. The van der Waals surface area contributed by atoms with Gasteiger partial charge in [-0.05, 0) is 162 Å². The highest BCUT2D eigenvalue weighted by Gasteiger charge is 2.31. The molecule has 0 bridgehead atoms. The molecular formula is C65H96N14O10S. The van der Waals surface area contributed by atoms with E-state index < -0.39 is 21.0 Å². The Labute approximate surface area is 530 Å². The van der Waals surface area contributed by atoms with Crippen molar-refractivity contribution in [2.24, 2.45) is 11.8 Å². The zero-order chi connectivity index (χ0) is 65.7. The maximum absolute atomic E-state index is 13.3. The first-order valence-electron chi connectivity index (χ1n) is 31.6. The number of ketones is 2. The lowest BCUT2D eigenvalue weighted by Crippen LogP contribution is -2.42. The number of benzene rings is 2. The third kappa shape index (κ3) is 20.3. The molecule has 3 aliphatic rings. The minimum Gasteiger partial charge on any atom is -0.460 e. The fourth-order valence-electron chi connectivity index (χ4n) is 10.5. The number of aliphatic hydroxyl groups is 1. The molecule has 0 spiro atoms. The summed E-state index contributed by atoms with van der Waals surface area (Å²) in [6.07, 6.45) is 10.6. The summed E-state index contributed by atoms with van der Waals surface area (Å²) >= 11 is 0. The predicted molar refractivity (Wildman–Crippen MR) is 347 cm³/mol. The van der Waals surface area contributed by atoms with Crippen LogP contribution in [-0.4, -0.2) is 193 Å². The molecule has 0 atom stereocenters. The Hall–Kier alpha value is -7.35. The summed E-state index contributed by atoms with van der Waals surface area (Å²) in [5.74, 6) is 1.46. The second kappa shape index (κ2) is 31.1. The van der Waals surface area contributed by atoms with E-state index in [1.54, 1.807) is 44.8 Å². The molecule has 4 aromatic heterocycles. The Balaban J connectivity index is 0.000000229. The topological polar surface area (TPSA) is 274 Å². The normalized spacial score (nSPS) is 15.8. The summed E-state index contributed by atoms with van der Waals surface area (Å²) in [4.78, 5) is 77.0. The first kappa shape index (κ1) is 70.1. The van der Waals surface area contributed by atoms with Crippen LogP contribution in [0.1, 0.15) is 178 Å². The molecule has 3 N–H and O–H groups in total. The number of ether oxygens (including phenoxy) is 3. The number of piperidine rings is 3. The molecule has 0 aliphatic carbocycles. The van der Waals surface area contributed by atoms with E-state index in [1.807, 2.05) is 85.9 Å². The van der Waals surface area contributed by atoms with Crippen molar-refractivity contribution in [1.82, 2.24) is 58.8 Å². The number of carbonyl (C=O) groups is 4. The van der Waals surface area contributed by atoms with Crippen molar-refractivity contribution in [2.75, 3.05) is 89.9 Å². The predicted octanol–water partition coefficient (Wildman–Crippen LogP) is 10.6. The standard InChI is InChI=1S/C32H45N7O4.C27H36N6O5S.C6H15NO/c1-21(2)26-20-33-39-28(26)35-30(42-25-12-14-37(6)15-13-25)36-29(39)34-24-9-7-8-23(19-24)27(40)18-22-10-16-38(17-11-22)31(41)43-32(3,4)5;1-17(2)21-16-28-33-23(21)30-25(39(6,36)37)31-24(33)29-20-9-7-8-19(15-20)22(34)14-18-10-12-32(13-11-18)26(35)38-27(3,4)5;1-3-7(2)5-4-6-8/h7-9,19-22,25H,10-18H2,1-6H3,(H,34,35,36);7-9,15-18H,10-14H2,1-6H3,(H,29,30,31);8H,3-6H2,1-2H3. The van der Waals surface area contributed by atoms with Gasteiger partial charge in [-0.1, -0.05) is 58.9 Å². The van der Waals surface area contributed by atoms with E-state index in [9.17, 15) is 27.6 Å². The molecule has 492 valence electrons. The Bertz CT molecular complexity index is 3500. The van der Waals surface area contributed by atoms with Gasteiger partial charge in [0.1, 0.15) is 17.3 Å². The molecule has 90 heavy (non-hydrogen) atoms. The molecule has 0 saturated carbocycles. The van der Waals surface area contributed by atoms with Crippen molar-refractivity contribution in [1.29, 1.82) is 0 Å². The van der Waals surface area contributed by atoms with Gasteiger partial charge in [-0.25, -0.2) is 18.0 Å². The summed E-state index contributed by atoms with van der Waals surface area (Å²) in [5.41, 5.74) is 4.35. The number of likely N-dealkylation sites (tertiary alicyclic amines) is 3. The number of nitrogens with one attached hydrogen (secondary N) is 2. The van der Waals surface area contributed by atoms with Gasteiger partial charge in [-0.3, -0.25) is 9.59 Å².